The van der Waals surface area contributed by atoms with Gasteiger partial charge in [0, 0.05) is 11.1 Å². The van der Waals surface area contributed by atoms with E-state index in [0.29, 0.717) is 19.4 Å². The SMILES string of the molecule is C=CC1CC(C(=O)OCC)(C(=O)OCC)CC1CON1C(C)(C)CCCC1(C)C. The van der Waals surface area contributed by atoms with Gasteiger partial charge in [-0.25, -0.2) is 0 Å². The van der Waals surface area contributed by atoms with Gasteiger partial charge in [-0.15, -0.1) is 6.58 Å². The van der Waals surface area contributed by atoms with Crippen LogP contribution >= 0.6 is 0 Å². The largest absolute Gasteiger partial charge is 0.465 e. The van der Waals surface area contributed by atoms with Gasteiger partial charge in [0.05, 0.1) is 19.8 Å². The van der Waals surface area contributed by atoms with Gasteiger partial charge in [-0.2, -0.15) is 5.06 Å². The molecule has 0 aromatic heterocycles. The Morgan fingerprint density at radius 3 is 1.97 bits per heavy atom. The van der Waals surface area contributed by atoms with Crippen LogP contribution < -0.4 is 0 Å². The lowest BCUT2D eigenvalue weighted by molar-refractivity contribution is -0.287. The number of hydroxylamine groups is 2. The third-order valence-electron chi connectivity index (χ3n) is 6.53. The molecule has 0 N–H and O–H groups in total. The quantitative estimate of drug-likeness (QED) is 0.339. The fraction of sp³-hybridized carbons (Fsp3) is 0.826. The predicted molar refractivity (Wildman–Crippen MR) is 112 cm³/mol. The second-order valence-electron chi connectivity index (χ2n) is 9.66. The summed E-state index contributed by atoms with van der Waals surface area (Å²) in [5, 5.41) is 2.12. The van der Waals surface area contributed by atoms with Gasteiger partial charge in [0.25, 0.3) is 0 Å². The molecule has 1 saturated heterocycles. The average Bonchev–Trinajstić information content (AvgIpc) is 3.01. The van der Waals surface area contributed by atoms with E-state index in [1.165, 1.54) is 6.42 Å². The molecular formula is C23H39NO5. The zero-order valence-corrected chi connectivity index (χ0v) is 19.1. The minimum absolute atomic E-state index is 0.00478. The first kappa shape index (κ1) is 23.9. The fourth-order valence-electron chi connectivity index (χ4n) is 5.16. The van der Waals surface area contributed by atoms with E-state index in [-0.39, 0.29) is 36.1 Å². The van der Waals surface area contributed by atoms with E-state index < -0.39 is 17.4 Å². The molecule has 0 bridgehead atoms. The molecule has 6 heteroatoms. The molecule has 6 nitrogen and oxygen atoms in total. The van der Waals surface area contributed by atoms with Gasteiger partial charge in [-0.1, -0.05) is 6.08 Å². The monoisotopic (exact) mass is 409 g/mol. The van der Waals surface area contributed by atoms with E-state index in [9.17, 15) is 9.59 Å². The highest BCUT2D eigenvalue weighted by molar-refractivity contribution is 6.00. The third kappa shape index (κ3) is 4.85. The average molecular weight is 410 g/mol. The van der Waals surface area contributed by atoms with Crippen LogP contribution in [0.4, 0.5) is 0 Å². The standard InChI is InChI=1S/C23H39NO5/c1-8-17-14-23(19(25)27-9-2,20(26)28-10-3)15-18(17)16-29-24-21(4,5)12-11-13-22(24,6)7/h8,17-18H,1,9-16H2,2-7H3. The number of piperidine rings is 1. The summed E-state index contributed by atoms with van der Waals surface area (Å²) in [6.45, 7) is 17.2. The highest BCUT2D eigenvalue weighted by Gasteiger charge is 2.57. The van der Waals surface area contributed by atoms with Crippen molar-refractivity contribution >= 4 is 11.9 Å². The van der Waals surface area contributed by atoms with Crippen LogP contribution in [-0.2, 0) is 23.9 Å². The molecule has 2 fully saturated rings. The Kier molecular flexibility index (Phi) is 7.55. The Labute approximate surface area is 175 Å². The van der Waals surface area contributed by atoms with Gasteiger partial charge >= 0.3 is 11.9 Å². The van der Waals surface area contributed by atoms with E-state index in [1.54, 1.807) is 13.8 Å². The van der Waals surface area contributed by atoms with Crippen LogP contribution in [0.2, 0.25) is 0 Å². The maximum atomic E-state index is 12.8. The molecule has 29 heavy (non-hydrogen) atoms. The molecule has 2 atom stereocenters. The normalized spacial score (nSPS) is 27.9. The van der Waals surface area contributed by atoms with Crippen molar-refractivity contribution in [1.29, 1.82) is 0 Å². The van der Waals surface area contributed by atoms with Crippen molar-refractivity contribution in [3.05, 3.63) is 12.7 Å². The van der Waals surface area contributed by atoms with E-state index in [2.05, 4.69) is 39.3 Å². The molecule has 1 aliphatic heterocycles. The summed E-state index contributed by atoms with van der Waals surface area (Å²) < 4.78 is 10.5. The predicted octanol–water partition coefficient (Wildman–Crippen LogP) is 4.29. The van der Waals surface area contributed by atoms with E-state index >= 15 is 0 Å². The number of ether oxygens (including phenoxy) is 2. The Hall–Kier alpha value is -1.40. The number of hydrogen-bond donors (Lipinski definition) is 0. The van der Waals surface area contributed by atoms with Gasteiger partial charge in [0.2, 0.25) is 0 Å². The summed E-state index contributed by atoms with van der Waals surface area (Å²) in [6, 6.07) is 0. The van der Waals surface area contributed by atoms with Gasteiger partial charge < -0.3 is 9.47 Å². The van der Waals surface area contributed by atoms with Crippen LogP contribution in [0.15, 0.2) is 12.7 Å². The lowest BCUT2D eigenvalue weighted by Gasteiger charge is -2.51. The fourth-order valence-corrected chi connectivity index (χ4v) is 5.16. The molecule has 1 aliphatic carbocycles. The van der Waals surface area contributed by atoms with Crippen molar-refractivity contribution in [3.63, 3.8) is 0 Å². The Morgan fingerprint density at radius 2 is 1.52 bits per heavy atom. The molecule has 0 spiro atoms. The number of carbonyl (C=O) groups is 2. The van der Waals surface area contributed by atoms with E-state index in [0.717, 1.165) is 12.8 Å². The van der Waals surface area contributed by atoms with Gasteiger partial charge in [-0.05, 0) is 85.5 Å². The number of allylic oxidation sites excluding steroid dienone is 1. The zero-order chi connectivity index (χ0) is 21.9. The first-order valence-corrected chi connectivity index (χ1v) is 10.9. The highest BCUT2D eigenvalue weighted by Crippen LogP contribution is 2.49. The van der Waals surface area contributed by atoms with E-state index in [1.807, 2.05) is 6.08 Å². The van der Waals surface area contributed by atoms with Gasteiger partial charge in [0.1, 0.15) is 0 Å². The molecule has 0 radical (unpaired) electrons. The van der Waals surface area contributed by atoms with Crippen LogP contribution in [0.1, 0.15) is 73.6 Å². The van der Waals surface area contributed by atoms with Crippen molar-refractivity contribution in [2.45, 2.75) is 84.7 Å². The van der Waals surface area contributed by atoms with Crippen molar-refractivity contribution in [1.82, 2.24) is 5.06 Å². The maximum absolute atomic E-state index is 12.8. The molecule has 0 amide bonds. The van der Waals surface area contributed by atoms with Crippen molar-refractivity contribution < 1.29 is 23.9 Å². The third-order valence-corrected chi connectivity index (χ3v) is 6.53. The van der Waals surface area contributed by atoms with Crippen LogP contribution in [0.5, 0.6) is 0 Å². The summed E-state index contributed by atoms with van der Waals surface area (Å²) in [6.07, 6.45) is 5.86. The molecule has 2 rings (SSSR count). The number of nitrogens with zero attached hydrogens (tertiary/aromatic N) is 1. The number of esters is 2. The van der Waals surface area contributed by atoms with Crippen LogP contribution in [-0.4, -0.2) is 47.9 Å². The number of hydrogen-bond acceptors (Lipinski definition) is 6. The number of rotatable bonds is 8. The molecule has 1 saturated carbocycles. The summed E-state index contributed by atoms with van der Waals surface area (Å²) in [5.41, 5.74) is -1.40. The van der Waals surface area contributed by atoms with Crippen molar-refractivity contribution in [3.8, 4) is 0 Å². The minimum Gasteiger partial charge on any atom is -0.465 e. The summed E-state index contributed by atoms with van der Waals surface area (Å²) >= 11 is 0. The van der Waals surface area contributed by atoms with Crippen molar-refractivity contribution in [2.75, 3.05) is 19.8 Å². The molecule has 0 aromatic carbocycles. The minimum atomic E-state index is -1.27. The molecule has 2 aliphatic rings. The first-order chi connectivity index (χ1) is 13.5. The van der Waals surface area contributed by atoms with Gasteiger partial charge in [-0.3, -0.25) is 14.4 Å². The summed E-state index contributed by atoms with van der Waals surface area (Å²) in [4.78, 5) is 32.0. The van der Waals surface area contributed by atoms with E-state index in [4.69, 9.17) is 14.3 Å². The molecule has 0 aromatic rings. The zero-order valence-electron chi connectivity index (χ0n) is 19.1. The first-order valence-electron chi connectivity index (χ1n) is 10.9. The Bertz CT molecular complexity index is 578. The Balaban J connectivity index is 2.21. The van der Waals surface area contributed by atoms with Crippen molar-refractivity contribution in [2.24, 2.45) is 17.3 Å². The van der Waals surface area contributed by atoms with Crippen LogP contribution in [0, 0.1) is 17.3 Å². The number of carbonyl (C=O) groups excluding carboxylic acids is 2. The topological polar surface area (TPSA) is 65.1 Å². The van der Waals surface area contributed by atoms with Crippen LogP contribution in [0.3, 0.4) is 0 Å². The lowest BCUT2D eigenvalue weighted by atomic mass is 9.82. The summed E-state index contributed by atoms with van der Waals surface area (Å²) in [5.74, 6) is -1.01. The second-order valence-corrected chi connectivity index (χ2v) is 9.66. The molecule has 2 unspecified atom stereocenters. The maximum Gasteiger partial charge on any atom is 0.323 e. The second kappa shape index (κ2) is 9.17. The smallest absolute Gasteiger partial charge is 0.323 e. The van der Waals surface area contributed by atoms with Gasteiger partial charge in [0.15, 0.2) is 5.41 Å². The van der Waals surface area contributed by atoms with Crippen LogP contribution in [0.25, 0.3) is 0 Å². The molecular weight excluding hydrogens is 370 g/mol. The molecule has 166 valence electrons. The lowest BCUT2D eigenvalue weighted by Crippen LogP contribution is -2.58. The Morgan fingerprint density at radius 1 is 1.00 bits per heavy atom. The molecule has 1 heterocycles. The summed E-state index contributed by atoms with van der Waals surface area (Å²) in [7, 11) is 0. The highest BCUT2D eigenvalue weighted by atomic mass is 16.7.